The minimum Gasteiger partial charge on any atom is -0.295 e. The fourth-order valence-corrected chi connectivity index (χ4v) is 3.89. The lowest BCUT2D eigenvalue weighted by molar-refractivity contribution is 0.131. The highest BCUT2D eigenvalue weighted by atomic mass is 35.5. The van der Waals surface area contributed by atoms with E-state index in [1.807, 2.05) is 18.3 Å². The highest BCUT2D eigenvalue weighted by Gasteiger charge is 2.16. The van der Waals surface area contributed by atoms with Crippen molar-refractivity contribution in [2.45, 2.75) is 6.54 Å². The summed E-state index contributed by atoms with van der Waals surface area (Å²) in [5.41, 5.74) is 2.28. The average molecular weight is 398 g/mol. The first-order chi connectivity index (χ1) is 13.2. The lowest BCUT2D eigenvalue weighted by atomic mass is 10.0. The van der Waals surface area contributed by atoms with Crippen molar-refractivity contribution in [2.24, 2.45) is 5.10 Å². The standard InChI is InChI=1S/C22H21Cl2N3/c23-20-9-8-18(22(24)14-20)15-25-27-12-10-26(11-13-27)16-19-6-3-5-17-4-1-2-7-21(17)19/h1-9,14-15H,10-13,16H2/b25-15+. The van der Waals surface area contributed by atoms with Crippen LogP contribution in [0.15, 0.2) is 65.8 Å². The fourth-order valence-electron chi connectivity index (χ4n) is 3.43. The van der Waals surface area contributed by atoms with Gasteiger partial charge in [0.2, 0.25) is 0 Å². The molecule has 1 heterocycles. The van der Waals surface area contributed by atoms with Gasteiger partial charge in [0.25, 0.3) is 0 Å². The van der Waals surface area contributed by atoms with E-state index in [0.29, 0.717) is 10.0 Å². The van der Waals surface area contributed by atoms with Crippen molar-refractivity contribution in [2.75, 3.05) is 26.2 Å². The highest BCUT2D eigenvalue weighted by Crippen LogP contribution is 2.21. The van der Waals surface area contributed by atoms with Crippen LogP contribution in [0, 0.1) is 0 Å². The molecule has 0 amide bonds. The van der Waals surface area contributed by atoms with Crippen molar-refractivity contribution in [3.63, 3.8) is 0 Å². The Balaban J connectivity index is 1.37. The topological polar surface area (TPSA) is 18.8 Å². The van der Waals surface area contributed by atoms with Crippen LogP contribution in [0.3, 0.4) is 0 Å². The molecule has 0 atom stereocenters. The third kappa shape index (κ3) is 4.44. The fraction of sp³-hybridized carbons (Fsp3) is 0.227. The molecule has 3 aromatic rings. The molecule has 1 aliphatic rings. The highest BCUT2D eigenvalue weighted by molar-refractivity contribution is 6.36. The van der Waals surface area contributed by atoms with Crippen molar-refractivity contribution in [3.05, 3.63) is 81.8 Å². The quantitative estimate of drug-likeness (QED) is 0.556. The molecule has 27 heavy (non-hydrogen) atoms. The van der Waals surface area contributed by atoms with Crippen LogP contribution in [0.1, 0.15) is 11.1 Å². The first-order valence-electron chi connectivity index (χ1n) is 9.12. The van der Waals surface area contributed by atoms with Crippen molar-refractivity contribution in [3.8, 4) is 0 Å². The zero-order chi connectivity index (χ0) is 18.6. The summed E-state index contributed by atoms with van der Waals surface area (Å²) < 4.78 is 0. The Morgan fingerprint density at radius 3 is 2.48 bits per heavy atom. The van der Waals surface area contributed by atoms with E-state index in [1.54, 1.807) is 6.07 Å². The molecule has 4 rings (SSSR count). The number of nitrogens with zero attached hydrogens (tertiary/aromatic N) is 3. The predicted octanol–water partition coefficient (Wildman–Crippen LogP) is 5.30. The van der Waals surface area contributed by atoms with E-state index in [-0.39, 0.29) is 0 Å². The number of piperazine rings is 1. The molecule has 0 radical (unpaired) electrons. The van der Waals surface area contributed by atoms with Crippen LogP contribution < -0.4 is 0 Å². The van der Waals surface area contributed by atoms with E-state index in [0.717, 1.165) is 38.3 Å². The predicted molar refractivity (Wildman–Crippen MR) is 115 cm³/mol. The average Bonchev–Trinajstić information content (AvgIpc) is 2.69. The van der Waals surface area contributed by atoms with Gasteiger partial charge in [-0.2, -0.15) is 5.10 Å². The first kappa shape index (κ1) is 18.3. The lowest BCUT2D eigenvalue weighted by Gasteiger charge is -2.33. The maximum absolute atomic E-state index is 6.21. The molecule has 0 spiro atoms. The molecule has 0 aromatic heterocycles. The van der Waals surface area contributed by atoms with Gasteiger partial charge in [0, 0.05) is 43.3 Å². The molecule has 138 valence electrons. The Hall–Kier alpha value is -2.07. The van der Waals surface area contributed by atoms with Crippen LogP contribution in [0.2, 0.25) is 10.0 Å². The normalized spacial score (nSPS) is 15.7. The second-order valence-electron chi connectivity index (χ2n) is 6.78. The maximum Gasteiger partial charge on any atom is 0.0557 e. The Kier molecular flexibility index (Phi) is 5.63. The van der Waals surface area contributed by atoms with Gasteiger partial charge in [0.15, 0.2) is 0 Å². The minimum absolute atomic E-state index is 0.626. The number of hydrogen-bond donors (Lipinski definition) is 0. The molecule has 1 aliphatic heterocycles. The zero-order valence-corrected chi connectivity index (χ0v) is 16.5. The summed E-state index contributed by atoms with van der Waals surface area (Å²) in [4.78, 5) is 2.49. The molecule has 0 N–H and O–H groups in total. The summed E-state index contributed by atoms with van der Waals surface area (Å²) in [6.07, 6.45) is 1.82. The van der Waals surface area contributed by atoms with Crippen LogP contribution in [0.5, 0.6) is 0 Å². The number of rotatable bonds is 4. The first-order valence-corrected chi connectivity index (χ1v) is 9.87. The summed E-state index contributed by atoms with van der Waals surface area (Å²) in [5, 5.41) is 10.6. The van der Waals surface area contributed by atoms with Gasteiger partial charge in [0.05, 0.1) is 11.2 Å². The van der Waals surface area contributed by atoms with E-state index in [2.05, 4.69) is 57.5 Å². The van der Waals surface area contributed by atoms with Crippen LogP contribution in [0.25, 0.3) is 10.8 Å². The van der Waals surface area contributed by atoms with Crippen LogP contribution in [-0.2, 0) is 6.54 Å². The maximum atomic E-state index is 6.21. The summed E-state index contributed by atoms with van der Waals surface area (Å²) in [6.45, 7) is 4.78. The Bertz CT molecular complexity index is 957. The van der Waals surface area contributed by atoms with Gasteiger partial charge in [0.1, 0.15) is 0 Å². The lowest BCUT2D eigenvalue weighted by Crippen LogP contribution is -2.43. The van der Waals surface area contributed by atoms with Gasteiger partial charge in [-0.3, -0.25) is 9.91 Å². The molecular formula is C22H21Cl2N3. The van der Waals surface area contributed by atoms with Crippen molar-refractivity contribution < 1.29 is 0 Å². The molecule has 0 saturated carbocycles. The van der Waals surface area contributed by atoms with Crippen LogP contribution in [-0.4, -0.2) is 42.3 Å². The summed E-state index contributed by atoms with van der Waals surface area (Å²) >= 11 is 12.1. The number of halogens is 2. The van der Waals surface area contributed by atoms with Crippen molar-refractivity contribution in [1.29, 1.82) is 0 Å². The van der Waals surface area contributed by atoms with Gasteiger partial charge in [-0.25, -0.2) is 0 Å². The number of benzene rings is 3. The molecular weight excluding hydrogens is 377 g/mol. The Morgan fingerprint density at radius 1 is 0.889 bits per heavy atom. The van der Waals surface area contributed by atoms with Crippen LogP contribution >= 0.6 is 23.2 Å². The van der Waals surface area contributed by atoms with Gasteiger partial charge in [-0.1, -0.05) is 71.7 Å². The molecule has 5 heteroatoms. The van der Waals surface area contributed by atoms with E-state index in [9.17, 15) is 0 Å². The smallest absolute Gasteiger partial charge is 0.0557 e. The molecule has 0 bridgehead atoms. The number of hydrogen-bond acceptors (Lipinski definition) is 3. The summed E-state index contributed by atoms with van der Waals surface area (Å²) in [5.74, 6) is 0. The van der Waals surface area contributed by atoms with Crippen molar-refractivity contribution >= 4 is 40.2 Å². The molecule has 3 aromatic carbocycles. The van der Waals surface area contributed by atoms with Gasteiger partial charge >= 0.3 is 0 Å². The van der Waals surface area contributed by atoms with E-state index in [1.165, 1.54) is 16.3 Å². The summed E-state index contributed by atoms with van der Waals surface area (Å²) in [6, 6.07) is 20.6. The van der Waals surface area contributed by atoms with Gasteiger partial charge in [-0.05, 0) is 28.5 Å². The third-order valence-electron chi connectivity index (χ3n) is 4.95. The largest absolute Gasteiger partial charge is 0.295 e. The third-order valence-corrected chi connectivity index (χ3v) is 5.51. The second kappa shape index (κ2) is 8.30. The van der Waals surface area contributed by atoms with Gasteiger partial charge in [-0.15, -0.1) is 0 Å². The molecule has 3 nitrogen and oxygen atoms in total. The van der Waals surface area contributed by atoms with E-state index >= 15 is 0 Å². The van der Waals surface area contributed by atoms with E-state index < -0.39 is 0 Å². The van der Waals surface area contributed by atoms with Crippen LogP contribution in [0.4, 0.5) is 0 Å². The number of hydrazone groups is 1. The second-order valence-corrected chi connectivity index (χ2v) is 7.62. The zero-order valence-electron chi connectivity index (χ0n) is 15.0. The summed E-state index contributed by atoms with van der Waals surface area (Å²) in [7, 11) is 0. The Morgan fingerprint density at radius 2 is 1.67 bits per heavy atom. The minimum atomic E-state index is 0.626. The molecule has 0 unspecified atom stereocenters. The monoisotopic (exact) mass is 397 g/mol. The number of fused-ring (bicyclic) bond motifs is 1. The SMILES string of the molecule is Clc1ccc(/C=N/N2CCN(Cc3cccc4ccccc34)CC2)c(Cl)c1. The molecule has 0 aliphatic carbocycles. The van der Waals surface area contributed by atoms with Gasteiger partial charge < -0.3 is 0 Å². The molecule has 1 saturated heterocycles. The van der Waals surface area contributed by atoms with E-state index in [4.69, 9.17) is 23.2 Å². The Labute approximate surface area is 169 Å². The van der Waals surface area contributed by atoms with Crippen molar-refractivity contribution in [1.82, 2.24) is 9.91 Å². The molecule has 1 fully saturated rings.